The summed E-state index contributed by atoms with van der Waals surface area (Å²) in [5, 5.41) is 9.49. The molecule has 0 saturated carbocycles. The van der Waals surface area contributed by atoms with Gasteiger partial charge in [0.2, 0.25) is 0 Å². The number of methoxy groups -OCH3 is 2. The van der Waals surface area contributed by atoms with Crippen LogP contribution >= 0.6 is 0 Å². The van der Waals surface area contributed by atoms with E-state index < -0.39 is 23.0 Å². The third-order valence-electron chi connectivity index (χ3n) is 2.34. The minimum Gasteiger partial charge on any atom is -0.468 e. The van der Waals surface area contributed by atoms with E-state index in [1.165, 1.54) is 13.8 Å². The molecule has 0 heterocycles. The molecule has 0 spiro atoms. The second kappa shape index (κ2) is 6.82. The van der Waals surface area contributed by atoms with Gasteiger partial charge in [-0.1, -0.05) is 11.8 Å². The van der Waals surface area contributed by atoms with Gasteiger partial charge in [-0.2, -0.15) is 0 Å². The first-order valence-electron chi connectivity index (χ1n) is 5.56. The van der Waals surface area contributed by atoms with E-state index in [1.807, 2.05) is 0 Å². The van der Waals surface area contributed by atoms with Crippen molar-refractivity contribution in [3.63, 3.8) is 0 Å². The van der Waals surface area contributed by atoms with Crippen LogP contribution < -0.4 is 0 Å². The fourth-order valence-corrected chi connectivity index (χ4v) is 1.41. The number of hydrogen-bond acceptors (Lipinski definition) is 5. The maximum Gasteiger partial charge on any atom is 0.325 e. The zero-order valence-corrected chi connectivity index (χ0v) is 11.6. The highest BCUT2D eigenvalue weighted by molar-refractivity contribution is 6.00. The van der Waals surface area contributed by atoms with Crippen LogP contribution in [0.2, 0.25) is 0 Å². The van der Waals surface area contributed by atoms with Crippen LogP contribution in [-0.2, 0) is 19.1 Å². The van der Waals surface area contributed by atoms with E-state index in [4.69, 9.17) is 6.42 Å². The second-order valence-electron chi connectivity index (χ2n) is 4.48. The molecule has 0 aromatic rings. The van der Waals surface area contributed by atoms with Crippen LogP contribution in [0.1, 0.15) is 26.7 Å². The van der Waals surface area contributed by atoms with E-state index in [2.05, 4.69) is 27.2 Å². The second-order valence-corrected chi connectivity index (χ2v) is 4.48. The highest BCUT2D eigenvalue weighted by atomic mass is 16.5. The third kappa shape index (κ3) is 4.65. The van der Waals surface area contributed by atoms with Gasteiger partial charge in [0.15, 0.2) is 5.41 Å². The summed E-state index contributed by atoms with van der Waals surface area (Å²) in [6, 6.07) is 0. The predicted octanol–water partition coefficient (Wildman–Crippen LogP) is 0.506. The van der Waals surface area contributed by atoms with Crippen molar-refractivity contribution in [1.82, 2.24) is 0 Å². The van der Waals surface area contributed by atoms with Crippen molar-refractivity contribution in [3.8, 4) is 24.2 Å². The fourth-order valence-electron chi connectivity index (χ4n) is 1.41. The third-order valence-corrected chi connectivity index (χ3v) is 2.34. The van der Waals surface area contributed by atoms with Crippen molar-refractivity contribution >= 4 is 11.9 Å². The van der Waals surface area contributed by atoms with Gasteiger partial charge in [0, 0.05) is 12.8 Å². The van der Waals surface area contributed by atoms with Gasteiger partial charge in [-0.25, -0.2) is 0 Å². The van der Waals surface area contributed by atoms with Crippen LogP contribution in [0.25, 0.3) is 0 Å². The molecule has 0 aromatic carbocycles. The Kier molecular flexibility index (Phi) is 6.11. The monoisotopic (exact) mass is 266 g/mol. The quantitative estimate of drug-likeness (QED) is 0.456. The summed E-state index contributed by atoms with van der Waals surface area (Å²) in [5.41, 5.74) is -2.88. The first-order chi connectivity index (χ1) is 8.73. The van der Waals surface area contributed by atoms with Gasteiger partial charge in [0.05, 0.1) is 14.2 Å². The molecule has 5 heteroatoms. The van der Waals surface area contributed by atoms with Crippen molar-refractivity contribution in [3.05, 3.63) is 0 Å². The normalized spacial score (nSPS) is 10.7. The maximum absolute atomic E-state index is 11.8. The molecule has 0 aliphatic carbocycles. The van der Waals surface area contributed by atoms with Crippen molar-refractivity contribution in [2.24, 2.45) is 5.41 Å². The molecule has 0 aliphatic rings. The zero-order valence-electron chi connectivity index (χ0n) is 11.6. The van der Waals surface area contributed by atoms with E-state index in [1.54, 1.807) is 0 Å². The Morgan fingerprint density at radius 3 is 1.95 bits per heavy atom. The SMILES string of the molecule is C#CCC(CC#CC(C)(C)O)(C(=O)OC)C(=O)OC. The molecule has 104 valence electrons. The molecule has 0 radical (unpaired) electrons. The zero-order chi connectivity index (χ0) is 15.1. The van der Waals surface area contributed by atoms with Crippen LogP contribution in [0.15, 0.2) is 0 Å². The van der Waals surface area contributed by atoms with Gasteiger partial charge >= 0.3 is 11.9 Å². The molecule has 0 amide bonds. The number of aliphatic hydroxyl groups is 1. The molecule has 0 atom stereocenters. The Morgan fingerprint density at radius 1 is 1.16 bits per heavy atom. The minimum atomic E-state index is -1.66. The lowest BCUT2D eigenvalue weighted by Crippen LogP contribution is -2.41. The number of hydrogen-bond donors (Lipinski definition) is 1. The van der Waals surface area contributed by atoms with Crippen molar-refractivity contribution in [2.45, 2.75) is 32.3 Å². The lowest BCUT2D eigenvalue weighted by molar-refractivity contribution is -0.168. The summed E-state index contributed by atoms with van der Waals surface area (Å²) < 4.78 is 9.22. The Labute approximate surface area is 113 Å². The van der Waals surface area contributed by atoms with Gasteiger partial charge in [0.25, 0.3) is 0 Å². The smallest absolute Gasteiger partial charge is 0.325 e. The Hall–Kier alpha value is -1.98. The van der Waals surface area contributed by atoms with Gasteiger partial charge < -0.3 is 14.6 Å². The summed E-state index contributed by atoms with van der Waals surface area (Å²) >= 11 is 0. The Balaban J connectivity index is 5.46. The molecule has 0 saturated heterocycles. The maximum atomic E-state index is 11.8. The molecular weight excluding hydrogens is 248 g/mol. The number of ether oxygens (including phenoxy) is 2. The molecule has 0 bridgehead atoms. The van der Waals surface area contributed by atoms with Gasteiger partial charge in [0.1, 0.15) is 5.60 Å². The van der Waals surface area contributed by atoms with E-state index in [0.717, 1.165) is 14.2 Å². The number of rotatable bonds is 4. The summed E-state index contributed by atoms with van der Waals surface area (Å²) in [5.74, 6) is 5.75. The molecule has 0 fully saturated rings. The molecule has 19 heavy (non-hydrogen) atoms. The lowest BCUT2D eigenvalue weighted by Gasteiger charge is -2.24. The van der Waals surface area contributed by atoms with E-state index in [-0.39, 0.29) is 12.8 Å². The molecule has 0 unspecified atom stereocenters. The minimum absolute atomic E-state index is 0.180. The summed E-state index contributed by atoms with van der Waals surface area (Å²) in [4.78, 5) is 23.7. The topological polar surface area (TPSA) is 72.8 Å². The van der Waals surface area contributed by atoms with Gasteiger partial charge in [-0.05, 0) is 13.8 Å². The van der Waals surface area contributed by atoms with Gasteiger partial charge in [-0.3, -0.25) is 9.59 Å². The van der Waals surface area contributed by atoms with Crippen LogP contribution in [0.4, 0.5) is 0 Å². The fraction of sp³-hybridized carbons (Fsp3) is 0.571. The largest absolute Gasteiger partial charge is 0.468 e. The number of carbonyl (C=O) groups excluding carboxylic acids is 2. The first-order valence-corrected chi connectivity index (χ1v) is 5.56. The van der Waals surface area contributed by atoms with Crippen LogP contribution in [-0.4, -0.2) is 36.9 Å². The van der Waals surface area contributed by atoms with Gasteiger partial charge in [-0.15, -0.1) is 12.3 Å². The van der Waals surface area contributed by atoms with Crippen molar-refractivity contribution in [2.75, 3.05) is 14.2 Å². The summed E-state index contributed by atoms with van der Waals surface area (Å²) in [7, 11) is 2.31. The average Bonchev–Trinajstić information content (AvgIpc) is 2.34. The summed E-state index contributed by atoms with van der Waals surface area (Å²) in [6.07, 6.45) is 4.83. The Morgan fingerprint density at radius 2 is 1.63 bits per heavy atom. The highest BCUT2D eigenvalue weighted by Crippen LogP contribution is 2.29. The number of carbonyl (C=O) groups is 2. The number of terminal acetylenes is 1. The van der Waals surface area contributed by atoms with E-state index in [9.17, 15) is 14.7 Å². The van der Waals surface area contributed by atoms with Crippen LogP contribution in [0, 0.1) is 29.6 Å². The number of esters is 2. The standard InChI is InChI=1S/C14H18O5/c1-6-8-14(11(15)18-4,12(16)19-5)10-7-9-13(2,3)17/h1,17H,8,10H2,2-5H3. The van der Waals surface area contributed by atoms with E-state index in [0.29, 0.717) is 0 Å². The predicted molar refractivity (Wildman–Crippen MR) is 68.6 cm³/mol. The van der Waals surface area contributed by atoms with E-state index >= 15 is 0 Å². The molecule has 0 aliphatic heterocycles. The molecule has 0 rings (SSSR count). The lowest BCUT2D eigenvalue weighted by atomic mass is 9.81. The average molecular weight is 266 g/mol. The first kappa shape index (κ1) is 17.0. The Bertz CT molecular complexity index is 423. The van der Waals surface area contributed by atoms with Crippen LogP contribution in [0.3, 0.4) is 0 Å². The summed E-state index contributed by atoms with van der Waals surface area (Å²) in [6.45, 7) is 2.97. The molecule has 0 aromatic heterocycles. The van der Waals surface area contributed by atoms with Crippen molar-refractivity contribution in [1.29, 1.82) is 0 Å². The molecular formula is C14H18O5. The highest BCUT2D eigenvalue weighted by Gasteiger charge is 2.47. The van der Waals surface area contributed by atoms with Crippen molar-refractivity contribution < 1.29 is 24.2 Å². The molecule has 5 nitrogen and oxygen atoms in total. The van der Waals surface area contributed by atoms with Crippen LogP contribution in [0.5, 0.6) is 0 Å². The molecule has 1 N–H and O–H groups in total.